The maximum Gasteiger partial charge on any atom is 0.234 e. The van der Waals surface area contributed by atoms with Gasteiger partial charge in [0.15, 0.2) is 0 Å². The number of nitrogens with zero attached hydrogens (tertiary/aromatic N) is 1. The zero-order valence-electron chi connectivity index (χ0n) is 13.0. The summed E-state index contributed by atoms with van der Waals surface area (Å²) in [6.07, 6.45) is 3.73. The van der Waals surface area contributed by atoms with Gasteiger partial charge in [0.05, 0.1) is 18.7 Å². The van der Waals surface area contributed by atoms with Gasteiger partial charge in [-0.15, -0.1) is 0 Å². The monoisotopic (exact) mass is 290 g/mol. The van der Waals surface area contributed by atoms with E-state index in [1.54, 1.807) is 0 Å². The average molecular weight is 290 g/mol. The van der Waals surface area contributed by atoms with E-state index >= 15 is 0 Å². The smallest absolute Gasteiger partial charge is 0.234 e. The van der Waals surface area contributed by atoms with E-state index in [4.69, 9.17) is 0 Å². The first-order chi connectivity index (χ1) is 10.1. The van der Waals surface area contributed by atoms with E-state index in [1.807, 2.05) is 49.2 Å². The summed E-state index contributed by atoms with van der Waals surface area (Å²) >= 11 is 0. The summed E-state index contributed by atoms with van der Waals surface area (Å²) in [5, 5.41) is 13.1. The first-order valence-corrected chi connectivity index (χ1v) is 7.80. The molecule has 1 aliphatic rings. The average Bonchev–Trinajstić information content (AvgIpc) is 2.48. The van der Waals surface area contributed by atoms with Crippen molar-refractivity contribution >= 4 is 5.91 Å². The lowest BCUT2D eigenvalue weighted by molar-refractivity contribution is -0.123. The fraction of sp³-hybridized carbons (Fsp3) is 0.588. The third-order valence-corrected chi connectivity index (χ3v) is 4.33. The Balaban J connectivity index is 1.83. The summed E-state index contributed by atoms with van der Waals surface area (Å²) < 4.78 is 0. The van der Waals surface area contributed by atoms with Crippen LogP contribution in [0.4, 0.5) is 0 Å². The van der Waals surface area contributed by atoms with E-state index in [-0.39, 0.29) is 24.1 Å². The molecule has 2 rings (SSSR count). The molecule has 116 valence electrons. The Bertz CT molecular complexity index is 449. The van der Waals surface area contributed by atoms with Crippen molar-refractivity contribution < 1.29 is 9.90 Å². The molecule has 1 aromatic carbocycles. The van der Waals surface area contributed by atoms with Crippen LogP contribution < -0.4 is 5.32 Å². The molecular formula is C17H26N2O2. The van der Waals surface area contributed by atoms with Crippen LogP contribution in [0.1, 0.15) is 44.2 Å². The number of carbonyl (C=O) groups is 1. The number of likely N-dealkylation sites (N-methyl/N-ethyl adjacent to an activating group) is 1. The van der Waals surface area contributed by atoms with Crippen LogP contribution in [-0.4, -0.2) is 41.7 Å². The Morgan fingerprint density at radius 3 is 2.67 bits per heavy atom. The van der Waals surface area contributed by atoms with Gasteiger partial charge in [0.1, 0.15) is 0 Å². The molecule has 3 atom stereocenters. The predicted molar refractivity (Wildman–Crippen MR) is 83.9 cm³/mol. The SMILES string of the molecule is CC(NC(=O)CN(C)C1CCCCC1O)c1ccccc1. The first-order valence-electron chi connectivity index (χ1n) is 7.80. The molecule has 0 saturated heterocycles. The molecule has 0 radical (unpaired) electrons. The summed E-state index contributed by atoms with van der Waals surface area (Å²) in [6, 6.07) is 10.1. The van der Waals surface area contributed by atoms with Crippen molar-refractivity contribution in [2.24, 2.45) is 0 Å². The zero-order chi connectivity index (χ0) is 15.2. The van der Waals surface area contributed by atoms with Crippen molar-refractivity contribution in [2.45, 2.75) is 50.8 Å². The second-order valence-electron chi connectivity index (χ2n) is 6.03. The quantitative estimate of drug-likeness (QED) is 0.873. The summed E-state index contributed by atoms with van der Waals surface area (Å²) in [4.78, 5) is 14.1. The van der Waals surface area contributed by atoms with Crippen LogP contribution in [0.15, 0.2) is 30.3 Å². The molecule has 1 amide bonds. The number of carbonyl (C=O) groups excluding carboxylic acids is 1. The molecule has 2 N–H and O–H groups in total. The minimum absolute atomic E-state index is 0.00313. The summed E-state index contributed by atoms with van der Waals surface area (Å²) in [5.74, 6) is 0.00614. The van der Waals surface area contributed by atoms with Gasteiger partial charge in [-0.2, -0.15) is 0 Å². The molecule has 1 aliphatic carbocycles. The van der Waals surface area contributed by atoms with E-state index in [2.05, 4.69) is 5.32 Å². The summed E-state index contributed by atoms with van der Waals surface area (Å²) in [7, 11) is 1.92. The second-order valence-corrected chi connectivity index (χ2v) is 6.03. The lowest BCUT2D eigenvalue weighted by atomic mass is 9.91. The molecule has 0 aromatic heterocycles. The fourth-order valence-corrected chi connectivity index (χ4v) is 3.06. The minimum atomic E-state index is -0.303. The molecule has 0 bridgehead atoms. The Labute approximate surface area is 127 Å². The van der Waals surface area contributed by atoms with Crippen molar-refractivity contribution in [1.82, 2.24) is 10.2 Å². The molecule has 0 heterocycles. The van der Waals surface area contributed by atoms with Crippen LogP contribution in [0.5, 0.6) is 0 Å². The Morgan fingerprint density at radius 2 is 2.00 bits per heavy atom. The minimum Gasteiger partial charge on any atom is -0.391 e. The van der Waals surface area contributed by atoms with Gasteiger partial charge in [0.25, 0.3) is 0 Å². The molecule has 4 nitrogen and oxygen atoms in total. The van der Waals surface area contributed by atoms with Gasteiger partial charge >= 0.3 is 0 Å². The van der Waals surface area contributed by atoms with Crippen molar-refractivity contribution in [3.8, 4) is 0 Å². The van der Waals surface area contributed by atoms with Gasteiger partial charge in [-0.25, -0.2) is 0 Å². The highest BCUT2D eigenvalue weighted by Crippen LogP contribution is 2.22. The maximum absolute atomic E-state index is 12.2. The van der Waals surface area contributed by atoms with Gasteiger partial charge < -0.3 is 10.4 Å². The largest absolute Gasteiger partial charge is 0.391 e. The molecule has 21 heavy (non-hydrogen) atoms. The van der Waals surface area contributed by atoms with Gasteiger partial charge in [-0.3, -0.25) is 9.69 Å². The number of hydrogen-bond acceptors (Lipinski definition) is 3. The molecule has 3 unspecified atom stereocenters. The van der Waals surface area contributed by atoms with Crippen LogP contribution in [0, 0.1) is 0 Å². The number of hydrogen-bond donors (Lipinski definition) is 2. The van der Waals surface area contributed by atoms with E-state index in [9.17, 15) is 9.90 Å². The normalized spacial score (nSPS) is 23.8. The zero-order valence-corrected chi connectivity index (χ0v) is 13.0. The number of amides is 1. The third kappa shape index (κ3) is 4.55. The highest BCUT2D eigenvalue weighted by molar-refractivity contribution is 5.78. The molecule has 1 aromatic rings. The van der Waals surface area contributed by atoms with Crippen LogP contribution in [0.3, 0.4) is 0 Å². The molecule has 4 heteroatoms. The number of aliphatic hydroxyl groups excluding tert-OH is 1. The van der Waals surface area contributed by atoms with E-state index in [0.29, 0.717) is 6.54 Å². The molecule has 1 fully saturated rings. The fourth-order valence-electron chi connectivity index (χ4n) is 3.06. The maximum atomic E-state index is 12.2. The van der Waals surface area contributed by atoms with Gasteiger partial charge in [-0.1, -0.05) is 43.2 Å². The Hall–Kier alpha value is -1.39. The predicted octanol–water partition coefficient (Wildman–Crippen LogP) is 2.10. The highest BCUT2D eigenvalue weighted by atomic mass is 16.3. The van der Waals surface area contributed by atoms with Crippen molar-refractivity contribution in [3.05, 3.63) is 35.9 Å². The summed E-state index contributed by atoms with van der Waals surface area (Å²) in [6.45, 7) is 2.32. The lowest BCUT2D eigenvalue weighted by Crippen LogP contribution is -2.47. The number of aliphatic hydroxyl groups is 1. The van der Waals surface area contributed by atoms with Gasteiger partial charge in [0, 0.05) is 6.04 Å². The lowest BCUT2D eigenvalue weighted by Gasteiger charge is -2.34. The first kappa shape index (κ1) is 16.0. The van der Waals surface area contributed by atoms with Crippen LogP contribution in [0.25, 0.3) is 0 Å². The van der Waals surface area contributed by atoms with Crippen molar-refractivity contribution in [1.29, 1.82) is 0 Å². The summed E-state index contributed by atoms with van der Waals surface area (Å²) in [5.41, 5.74) is 1.10. The topological polar surface area (TPSA) is 52.6 Å². The Morgan fingerprint density at radius 1 is 1.33 bits per heavy atom. The van der Waals surface area contributed by atoms with Crippen LogP contribution in [-0.2, 0) is 4.79 Å². The van der Waals surface area contributed by atoms with Gasteiger partial charge in [0.2, 0.25) is 5.91 Å². The molecule has 0 spiro atoms. The Kier molecular flexibility index (Phi) is 5.76. The van der Waals surface area contributed by atoms with Crippen molar-refractivity contribution in [2.75, 3.05) is 13.6 Å². The second kappa shape index (κ2) is 7.57. The molecule has 1 saturated carbocycles. The molecule has 0 aliphatic heterocycles. The number of benzene rings is 1. The van der Waals surface area contributed by atoms with E-state index in [0.717, 1.165) is 31.2 Å². The van der Waals surface area contributed by atoms with E-state index < -0.39 is 0 Å². The van der Waals surface area contributed by atoms with E-state index in [1.165, 1.54) is 0 Å². The third-order valence-electron chi connectivity index (χ3n) is 4.33. The van der Waals surface area contributed by atoms with Crippen LogP contribution in [0.2, 0.25) is 0 Å². The highest BCUT2D eigenvalue weighted by Gasteiger charge is 2.27. The molecular weight excluding hydrogens is 264 g/mol. The van der Waals surface area contributed by atoms with Crippen molar-refractivity contribution in [3.63, 3.8) is 0 Å². The number of rotatable bonds is 5. The van der Waals surface area contributed by atoms with Crippen LogP contribution >= 0.6 is 0 Å². The standard InChI is InChI=1S/C17H26N2O2/c1-13(14-8-4-3-5-9-14)18-17(21)12-19(2)15-10-6-7-11-16(15)20/h3-5,8-9,13,15-16,20H,6-7,10-12H2,1-2H3,(H,18,21). The van der Waals surface area contributed by atoms with Gasteiger partial charge in [-0.05, 0) is 32.4 Å². The number of nitrogens with one attached hydrogen (secondary N) is 1.